The van der Waals surface area contributed by atoms with Crippen molar-refractivity contribution in [2.24, 2.45) is 5.41 Å². The van der Waals surface area contributed by atoms with Crippen LogP contribution in [-0.2, 0) is 9.59 Å². The van der Waals surface area contributed by atoms with Gasteiger partial charge < -0.3 is 10.4 Å². The van der Waals surface area contributed by atoms with Gasteiger partial charge >= 0.3 is 5.97 Å². The predicted molar refractivity (Wildman–Crippen MR) is 81.4 cm³/mol. The average Bonchev–Trinajstić information content (AvgIpc) is 2.92. The summed E-state index contributed by atoms with van der Waals surface area (Å²) in [5, 5.41) is 14.7. The molecule has 0 bridgehead atoms. The zero-order valence-corrected chi connectivity index (χ0v) is 13.0. The van der Waals surface area contributed by atoms with Gasteiger partial charge in [0.2, 0.25) is 5.91 Å². The van der Waals surface area contributed by atoms with Crippen LogP contribution in [0.15, 0.2) is 11.6 Å². The fourth-order valence-corrected chi connectivity index (χ4v) is 3.52. The molecule has 1 aromatic rings. The van der Waals surface area contributed by atoms with E-state index in [4.69, 9.17) is 0 Å². The van der Waals surface area contributed by atoms with E-state index in [9.17, 15) is 14.7 Å². The molecule has 1 aliphatic rings. The number of carbonyl (C=O) groups is 2. The Labute approximate surface area is 128 Å². The smallest absolute Gasteiger partial charge is 0.310 e. The van der Waals surface area contributed by atoms with Crippen LogP contribution >= 0.6 is 11.3 Å². The lowest BCUT2D eigenvalue weighted by molar-refractivity contribution is -0.153. The van der Waals surface area contributed by atoms with Crippen LogP contribution < -0.4 is 5.32 Å². The van der Waals surface area contributed by atoms with Crippen molar-refractivity contribution >= 4 is 28.3 Å². The van der Waals surface area contributed by atoms with Crippen LogP contribution in [0.2, 0.25) is 0 Å². The molecule has 21 heavy (non-hydrogen) atoms. The zero-order valence-electron chi connectivity index (χ0n) is 12.2. The molecule has 0 saturated carbocycles. The molecular formula is C14H21N3O3S. The van der Waals surface area contributed by atoms with Crippen LogP contribution in [0, 0.1) is 5.41 Å². The van der Waals surface area contributed by atoms with Gasteiger partial charge in [-0.1, -0.05) is 13.3 Å². The number of carboxylic acid groups (broad SMARTS) is 1. The van der Waals surface area contributed by atoms with Gasteiger partial charge in [-0.2, -0.15) is 0 Å². The molecule has 0 spiro atoms. The number of aromatic nitrogens is 1. The highest BCUT2D eigenvalue weighted by Gasteiger charge is 2.41. The zero-order chi connectivity index (χ0) is 15.3. The lowest BCUT2D eigenvalue weighted by Gasteiger charge is -2.39. The molecule has 1 amide bonds. The lowest BCUT2D eigenvalue weighted by Crippen LogP contribution is -2.49. The van der Waals surface area contributed by atoms with Gasteiger partial charge in [0, 0.05) is 18.1 Å². The third-order valence-electron chi connectivity index (χ3n) is 3.88. The summed E-state index contributed by atoms with van der Waals surface area (Å²) in [6.07, 6.45) is 4.65. The molecule has 1 fully saturated rings. The van der Waals surface area contributed by atoms with E-state index in [2.05, 4.69) is 10.3 Å². The van der Waals surface area contributed by atoms with Gasteiger partial charge in [0.25, 0.3) is 0 Å². The molecule has 2 heterocycles. The van der Waals surface area contributed by atoms with Gasteiger partial charge in [0.05, 0.1) is 12.0 Å². The first-order chi connectivity index (χ1) is 10.1. The molecule has 0 aliphatic carbocycles. The van der Waals surface area contributed by atoms with Crippen LogP contribution in [0.3, 0.4) is 0 Å². The van der Waals surface area contributed by atoms with Crippen molar-refractivity contribution in [3.8, 4) is 0 Å². The summed E-state index contributed by atoms with van der Waals surface area (Å²) in [6.45, 7) is 3.43. The summed E-state index contributed by atoms with van der Waals surface area (Å²) < 4.78 is 0. The number of nitrogens with zero attached hydrogens (tertiary/aromatic N) is 2. The minimum absolute atomic E-state index is 0.136. The van der Waals surface area contributed by atoms with E-state index in [0.29, 0.717) is 24.5 Å². The quantitative estimate of drug-likeness (QED) is 0.840. The number of likely N-dealkylation sites (tertiary alicyclic amines) is 1. The summed E-state index contributed by atoms with van der Waals surface area (Å²) in [5.74, 6) is -0.878. The van der Waals surface area contributed by atoms with Crippen molar-refractivity contribution in [2.45, 2.75) is 32.6 Å². The summed E-state index contributed by atoms with van der Waals surface area (Å²) in [6, 6.07) is 0. The highest BCUT2D eigenvalue weighted by molar-refractivity contribution is 7.13. The SMILES string of the molecule is CCCC1(C(=O)O)CCCN(CC(=O)Nc2nccs2)C1. The third kappa shape index (κ3) is 4.01. The molecule has 2 N–H and O–H groups in total. The summed E-state index contributed by atoms with van der Waals surface area (Å²) in [7, 11) is 0. The summed E-state index contributed by atoms with van der Waals surface area (Å²) >= 11 is 1.37. The van der Waals surface area contributed by atoms with Gasteiger partial charge in [0.1, 0.15) is 0 Å². The number of carbonyl (C=O) groups excluding carboxylic acids is 1. The number of thiazole rings is 1. The van der Waals surface area contributed by atoms with E-state index in [1.54, 1.807) is 11.6 Å². The van der Waals surface area contributed by atoms with Gasteiger partial charge in [-0.05, 0) is 25.8 Å². The fourth-order valence-electron chi connectivity index (χ4n) is 2.97. The minimum atomic E-state index is -0.741. The van der Waals surface area contributed by atoms with Crippen LogP contribution in [0.4, 0.5) is 5.13 Å². The largest absolute Gasteiger partial charge is 0.481 e. The molecule has 0 aromatic carbocycles. The number of anilines is 1. The van der Waals surface area contributed by atoms with E-state index in [-0.39, 0.29) is 12.5 Å². The summed E-state index contributed by atoms with van der Waals surface area (Å²) in [5.41, 5.74) is -0.700. The van der Waals surface area contributed by atoms with Gasteiger partial charge in [-0.15, -0.1) is 11.3 Å². The summed E-state index contributed by atoms with van der Waals surface area (Å²) in [4.78, 5) is 29.6. The molecule has 1 unspecified atom stereocenters. The Morgan fingerprint density at radius 3 is 3.00 bits per heavy atom. The second-order valence-corrected chi connectivity index (χ2v) is 6.43. The van der Waals surface area contributed by atoms with Crippen molar-refractivity contribution in [1.29, 1.82) is 0 Å². The van der Waals surface area contributed by atoms with Crippen LogP contribution in [0.5, 0.6) is 0 Å². The van der Waals surface area contributed by atoms with Crippen molar-refractivity contribution < 1.29 is 14.7 Å². The van der Waals surface area contributed by atoms with E-state index >= 15 is 0 Å². The standard InChI is InChI=1S/C14H21N3O3S/c1-2-4-14(12(19)20)5-3-7-17(10-14)9-11(18)16-13-15-6-8-21-13/h6,8H,2-5,7,9-10H2,1H3,(H,19,20)(H,15,16,18). The Balaban J connectivity index is 1.94. The van der Waals surface area contributed by atoms with Crippen molar-refractivity contribution in [1.82, 2.24) is 9.88 Å². The first kappa shape index (κ1) is 15.9. The van der Waals surface area contributed by atoms with Crippen molar-refractivity contribution in [2.75, 3.05) is 25.0 Å². The second kappa shape index (κ2) is 7.00. The number of piperidine rings is 1. The number of aliphatic carboxylic acids is 1. The maximum absolute atomic E-state index is 12.0. The normalized spacial score (nSPS) is 22.9. The molecule has 1 aromatic heterocycles. The highest BCUT2D eigenvalue weighted by atomic mass is 32.1. The fraction of sp³-hybridized carbons (Fsp3) is 0.643. The van der Waals surface area contributed by atoms with Gasteiger partial charge in [-0.3, -0.25) is 14.5 Å². The molecule has 7 heteroatoms. The Morgan fingerprint density at radius 2 is 2.38 bits per heavy atom. The Hall–Kier alpha value is -1.47. The van der Waals surface area contributed by atoms with E-state index in [0.717, 1.165) is 19.4 Å². The van der Waals surface area contributed by atoms with E-state index in [1.165, 1.54) is 11.3 Å². The first-order valence-corrected chi connectivity index (χ1v) is 8.09. The maximum atomic E-state index is 12.0. The average molecular weight is 311 g/mol. The van der Waals surface area contributed by atoms with Crippen molar-refractivity contribution in [3.63, 3.8) is 0 Å². The number of hydrogen-bond acceptors (Lipinski definition) is 5. The predicted octanol–water partition coefficient (Wildman–Crippen LogP) is 2.05. The van der Waals surface area contributed by atoms with Gasteiger partial charge in [-0.25, -0.2) is 4.98 Å². The number of amides is 1. The molecular weight excluding hydrogens is 290 g/mol. The van der Waals surface area contributed by atoms with Crippen LogP contribution in [-0.4, -0.2) is 46.5 Å². The molecule has 1 atom stereocenters. The number of hydrogen-bond donors (Lipinski definition) is 2. The molecule has 116 valence electrons. The molecule has 2 rings (SSSR count). The van der Waals surface area contributed by atoms with Crippen LogP contribution in [0.25, 0.3) is 0 Å². The lowest BCUT2D eigenvalue weighted by atomic mass is 9.76. The second-order valence-electron chi connectivity index (χ2n) is 5.54. The number of carboxylic acids is 1. The number of rotatable bonds is 6. The van der Waals surface area contributed by atoms with Crippen molar-refractivity contribution in [3.05, 3.63) is 11.6 Å². The Morgan fingerprint density at radius 1 is 1.57 bits per heavy atom. The first-order valence-electron chi connectivity index (χ1n) is 7.21. The van der Waals surface area contributed by atoms with E-state index in [1.807, 2.05) is 11.8 Å². The highest BCUT2D eigenvalue weighted by Crippen LogP contribution is 2.34. The van der Waals surface area contributed by atoms with E-state index < -0.39 is 11.4 Å². The molecule has 6 nitrogen and oxygen atoms in total. The monoisotopic (exact) mass is 311 g/mol. The molecule has 1 saturated heterocycles. The Bertz CT molecular complexity index is 488. The van der Waals surface area contributed by atoms with Gasteiger partial charge in [0.15, 0.2) is 5.13 Å². The molecule has 1 aliphatic heterocycles. The number of nitrogens with one attached hydrogen (secondary N) is 1. The molecule has 0 radical (unpaired) electrons. The Kier molecular flexibility index (Phi) is 5.30. The third-order valence-corrected chi connectivity index (χ3v) is 4.57. The minimum Gasteiger partial charge on any atom is -0.481 e. The topological polar surface area (TPSA) is 82.5 Å². The van der Waals surface area contributed by atoms with Crippen LogP contribution in [0.1, 0.15) is 32.6 Å². The maximum Gasteiger partial charge on any atom is 0.310 e.